The molecule has 0 atom stereocenters. The number of ether oxygens (including phenoxy) is 1. The fourth-order valence-corrected chi connectivity index (χ4v) is 1.94. The van der Waals surface area contributed by atoms with Gasteiger partial charge in [-0.25, -0.2) is 0 Å². The Bertz CT molecular complexity index is 413. The first-order chi connectivity index (χ1) is 8.03. The fourth-order valence-electron chi connectivity index (χ4n) is 1.94. The molecular formula is C16H23O2. The highest BCUT2D eigenvalue weighted by Crippen LogP contribution is 2.39. The van der Waals surface area contributed by atoms with Crippen molar-refractivity contribution in [1.29, 1.82) is 0 Å². The molecule has 0 unspecified atom stereocenters. The predicted octanol–water partition coefficient (Wildman–Crippen LogP) is 4.02. The van der Waals surface area contributed by atoms with Gasteiger partial charge in [-0.1, -0.05) is 59.7 Å². The highest BCUT2D eigenvalue weighted by molar-refractivity contribution is 5.77. The molecule has 0 bridgehead atoms. The largest absolute Gasteiger partial charge is 0.426 e. The molecule has 0 saturated carbocycles. The lowest BCUT2D eigenvalue weighted by Crippen LogP contribution is -2.20. The van der Waals surface area contributed by atoms with Gasteiger partial charge in [0.25, 0.3) is 0 Å². The molecule has 0 aromatic heterocycles. The van der Waals surface area contributed by atoms with E-state index in [0.29, 0.717) is 5.75 Å². The second kappa shape index (κ2) is 4.75. The number of hydrogen-bond donors (Lipinski definition) is 0. The van der Waals surface area contributed by atoms with Crippen molar-refractivity contribution in [2.24, 2.45) is 0 Å². The predicted molar refractivity (Wildman–Crippen MR) is 74.8 cm³/mol. The van der Waals surface area contributed by atoms with Gasteiger partial charge in [0.15, 0.2) is 0 Å². The Hall–Kier alpha value is -1.31. The first-order valence-corrected chi connectivity index (χ1v) is 6.21. The summed E-state index contributed by atoms with van der Waals surface area (Å²) >= 11 is 0. The normalized spacial score (nSPS) is 12.4. The molecule has 2 heteroatoms. The molecule has 2 nitrogen and oxygen atoms in total. The van der Waals surface area contributed by atoms with Crippen LogP contribution in [0.15, 0.2) is 18.2 Å². The van der Waals surface area contributed by atoms with Gasteiger partial charge < -0.3 is 4.74 Å². The SMILES string of the molecule is [CH2]C(=O)Oc1c(C(C)(C)C)cccc1C(C)(C)C. The van der Waals surface area contributed by atoms with Gasteiger partial charge in [-0.3, -0.25) is 4.79 Å². The van der Waals surface area contributed by atoms with E-state index in [0.717, 1.165) is 11.1 Å². The summed E-state index contributed by atoms with van der Waals surface area (Å²) in [5.74, 6) is 0.148. The molecule has 1 radical (unpaired) electrons. The van der Waals surface area contributed by atoms with E-state index in [-0.39, 0.29) is 10.8 Å². The number of benzene rings is 1. The smallest absolute Gasteiger partial charge is 0.311 e. The lowest BCUT2D eigenvalue weighted by Gasteiger charge is -2.28. The summed E-state index contributed by atoms with van der Waals surface area (Å²) in [6.07, 6.45) is 0. The molecule has 0 aliphatic heterocycles. The molecule has 18 heavy (non-hydrogen) atoms. The van der Waals surface area contributed by atoms with Crippen molar-refractivity contribution in [2.75, 3.05) is 0 Å². The molecule has 1 rings (SSSR count). The quantitative estimate of drug-likeness (QED) is 0.553. The van der Waals surface area contributed by atoms with Crippen molar-refractivity contribution in [2.45, 2.75) is 52.4 Å². The van der Waals surface area contributed by atoms with Crippen LogP contribution in [0.3, 0.4) is 0 Å². The molecule has 0 heterocycles. The topological polar surface area (TPSA) is 26.3 Å². The van der Waals surface area contributed by atoms with Crippen LogP contribution in [0.2, 0.25) is 0 Å². The van der Waals surface area contributed by atoms with E-state index < -0.39 is 5.97 Å². The van der Waals surface area contributed by atoms with Crippen molar-refractivity contribution < 1.29 is 9.53 Å². The van der Waals surface area contributed by atoms with E-state index in [1.807, 2.05) is 18.2 Å². The molecule has 1 aromatic rings. The Morgan fingerprint density at radius 2 is 1.39 bits per heavy atom. The molecule has 0 aliphatic rings. The van der Waals surface area contributed by atoms with Crippen LogP contribution < -0.4 is 4.74 Å². The monoisotopic (exact) mass is 247 g/mol. The van der Waals surface area contributed by atoms with Crippen LogP contribution in [0, 0.1) is 6.92 Å². The van der Waals surface area contributed by atoms with Crippen LogP contribution in [-0.4, -0.2) is 5.97 Å². The van der Waals surface area contributed by atoms with Crippen molar-refractivity contribution in [3.63, 3.8) is 0 Å². The van der Waals surface area contributed by atoms with Crippen LogP contribution in [0.5, 0.6) is 5.75 Å². The molecule has 0 spiro atoms. The number of carbonyl (C=O) groups is 1. The van der Waals surface area contributed by atoms with Gasteiger partial charge in [0.05, 0.1) is 6.92 Å². The van der Waals surface area contributed by atoms with Gasteiger partial charge in [-0.15, -0.1) is 0 Å². The lowest BCUT2D eigenvalue weighted by atomic mass is 9.79. The van der Waals surface area contributed by atoms with Crippen LogP contribution in [0.25, 0.3) is 0 Å². The zero-order valence-electron chi connectivity index (χ0n) is 12.3. The van der Waals surface area contributed by atoms with Gasteiger partial charge >= 0.3 is 5.97 Å². The van der Waals surface area contributed by atoms with Crippen LogP contribution in [0.4, 0.5) is 0 Å². The molecular weight excluding hydrogens is 224 g/mol. The van der Waals surface area contributed by atoms with Crippen molar-refractivity contribution >= 4 is 5.97 Å². The average molecular weight is 247 g/mol. The number of rotatable bonds is 1. The zero-order chi connectivity index (χ0) is 14.1. The summed E-state index contributed by atoms with van der Waals surface area (Å²) in [4.78, 5) is 11.2. The maximum atomic E-state index is 11.2. The number of esters is 1. The Morgan fingerprint density at radius 3 is 1.67 bits per heavy atom. The third-order valence-electron chi connectivity index (χ3n) is 2.85. The minimum atomic E-state index is -0.516. The van der Waals surface area contributed by atoms with Crippen molar-refractivity contribution in [3.8, 4) is 5.75 Å². The summed E-state index contributed by atoms with van der Waals surface area (Å²) in [6, 6.07) is 6.03. The van der Waals surface area contributed by atoms with Crippen LogP contribution in [0.1, 0.15) is 52.7 Å². The number of para-hydroxylation sites is 1. The summed E-state index contributed by atoms with van der Waals surface area (Å²) in [5, 5.41) is 0. The van der Waals surface area contributed by atoms with Gasteiger partial charge in [-0.2, -0.15) is 0 Å². The molecule has 0 fully saturated rings. The van der Waals surface area contributed by atoms with Gasteiger partial charge in [0, 0.05) is 11.1 Å². The Kier molecular flexibility index (Phi) is 3.89. The lowest BCUT2D eigenvalue weighted by molar-refractivity contribution is -0.129. The molecule has 0 aliphatic carbocycles. The minimum Gasteiger partial charge on any atom is -0.426 e. The van der Waals surface area contributed by atoms with Crippen LogP contribution >= 0.6 is 0 Å². The summed E-state index contributed by atoms with van der Waals surface area (Å²) in [6.45, 7) is 16.0. The van der Waals surface area contributed by atoms with Crippen LogP contribution in [-0.2, 0) is 15.6 Å². The molecule has 99 valence electrons. The van der Waals surface area contributed by atoms with E-state index in [4.69, 9.17) is 4.74 Å². The van der Waals surface area contributed by atoms with E-state index in [2.05, 4.69) is 48.5 Å². The highest BCUT2D eigenvalue weighted by Gasteiger charge is 2.27. The second-order valence-corrected chi connectivity index (χ2v) is 6.66. The first-order valence-electron chi connectivity index (χ1n) is 6.21. The number of hydrogen-bond acceptors (Lipinski definition) is 2. The van der Waals surface area contributed by atoms with E-state index in [9.17, 15) is 4.79 Å². The standard InChI is InChI=1S/C16H23O2/c1-11(17)18-14-12(15(2,3)4)9-8-10-13(14)16(5,6)7/h8-10H,1H2,2-7H3. The van der Waals surface area contributed by atoms with E-state index >= 15 is 0 Å². The molecule has 0 N–H and O–H groups in total. The Labute approximate surface area is 110 Å². The van der Waals surface area contributed by atoms with E-state index in [1.54, 1.807) is 0 Å². The third kappa shape index (κ3) is 3.34. The maximum absolute atomic E-state index is 11.2. The van der Waals surface area contributed by atoms with Crippen molar-refractivity contribution in [1.82, 2.24) is 0 Å². The van der Waals surface area contributed by atoms with Gasteiger partial charge in [-0.05, 0) is 10.8 Å². The second-order valence-electron chi connectivity index (χ2n) is 6.66. The molecule has 1 aromatic carbocycles. The summed E-state index contributed by atoms with van der Waals surface area (Å²) < 4.78 is 5.38. The minimum absolute atomic E-state index is 0.0773. The highest BCUT2D eigenvalue weighted by atomic mass is 16.5. The zero-order valence-corrected chi connectivity index (χ0v) is 12.3. The van der Waals surface area contributed by atoms with Gasteiger partial charge in [0.2, 0.25) is 0 Å². The molecule has 0 saturated heterocycles. The Balaban J connectivity index is 3.50. The molecule has 0 amide bonds. The first kappa shape index (κ1) is 14.7. The van der Waals surface area contributed by atoms with Crippen molar-refractivity contribution in [3.05, 3.63) is 36.2 Å². The summed E-state index contributed by atoms with van der Waals surface area (Å²) in [5.41, 5.74) is 1.91. The average Bonchev–Trinajstić information content (AvgIpc) is 2.13. The number of carbonyl (C=O) groups excluding carboxylic acids is 1. The Morgan fingerprint density at radius 1 is 1.00 bits per heavy atom. The maximum Gasteiger partial charge on any atom is 0.311 e. The third-order valence-corrected chi connectivity index (χ3v) is 2.85. The van der Waals surface area contributed by atoms with Gasteiger partial charge in [0.1, 0.15) is 5.75 Å². The fraction of sp³-hybridized carbons (Fsp3) is 0.500. The van der Waals surface area contributed by atoms with E-state index in [1.165, 1.54) is 0 Å². The summed E-state index contributed by atoms with van der Waals surface area (Å²) in [7, 11) is 0.